The minimum atomic E-state index is -2.74. The number of nitrogens with zero attached hydrogens (tertiary/aromatic N) is 1. The SMILES string of the molecule is CCOC(=O)c1cc(OC(CCO)C(F)F)[nH]n1. The molecule has 1 aromatic heterocycles. The predicted octanol–water partition coefficient (Wildman–Crippen LogP) is 0.981. The maximum atomic E-state index is 12.5. The Hall–Kier alpha value is -1.70. The molecule has 1 rings (SSSR count). The molecule has 0 fully saturated rings. The van der Waals surface area contributed by atoms with Crippen LogP contribution in [-0.4, -0.2) is 47.0 Å². The van der Waals surface area contributed by atoms with Crippen LogP contribution in [0.4, 0.5) is 8.78 Å². The summed E-state index contributed by atoms with van der Waals surface area (Å²) in [5, 5.41) is 14.5. The highest BCUT2D eigenvalue weighted by Gasteiger charge is 2.23. The van der Waals surface area contributed by atoms with Crippen LogP contribution in [0.2, 0.25) is 0 Å². The van der Waals surface area contributed by atoms with E-state index in [2.05, 4.69) is 14.9 Å². The van der Waals surface area contributed by atoms with Crippen LogP contribution in [0.3, 0.4) is 0 Å². The van der Waals surface area contributed by atoms with Crippen LogP contribution in [0.25, 0.3) is 0 Å². The predicted molar refractivity (Wildman–Crippen MR) is 56.7 cm³/mol. The molecule has 1 atom stereocenters. The maximum absolute atomic E-state index is 12.5. The van der Waals surface area contributed by atoms with E-state index in [1.54, 1.807) is 6.92 Å². The molecule has 1 aromatic rings. The van der Waals surface area contributed by atoms with Crippen molar-refractivity contribution >= 4 is 5.97 Å². The van der Waals surface area contributed by atoms with Crippen molar-refractivity contribution in [2.75, 3.05) is 13.2 Å². The molecule has 0 amide bonds. The highest BCUT2D eigenvalue weighted by Crippen LogP contribution is 2.16. The summed E-state index contributed by atoms with van der Waals surface area (Å²) in [5.41, 5.74) is -0.0520. The van der Waals surface area contributed by atoms with Crippen molar-refractivity contribution in [2.24, 2.45) is 0 Å². The Balaban J connectivity index is 2.64. The van der Waals surface area contributed by atoms with Gasteiger partial charge in [-0.15, -0.1) is 0 Å². The van der Waals surface area contributed by atoms with Gasteiger partial charge in [-0.2, -0.15) is 5.10 Å². The first kappa shape index (κ1) is 14.4. The van der Waals surface area contributed by atoms with Gasteiger partial charge >= 0.3 is 5.97 Å². The summed E-state index contributed by atoms with van der Waals surface area (Å²) in [4.78, 5) is 11.3. The van der Waals surface area contributed by atoms with Crippen LogP contribution in [0.1, 0.15) is 23.8 Å². The van der Waals surface area contributed by atoms with Crippen LogP contribution >= 0.6 is 0 Å². The molecule has 18 heavy (non-hydrogen) atoms. The number of halogens is 2. The minimum absolute atomic E-state index is 0.0520. The first-order chi connectivity index (χ1) is 8.58. The Morgan fingerprint density at radius 2 is 2.33 bits per heavy atom. The molecule has 0 aliphatic heterocycles. The highest BCUT2D eigenvalue weighted by molar-refractivity contribution is 5.87. The Labute approximate surface area is 102 Å². The number of aromatic nitrogens is 2. The second-order valence-corrected chi connectivity index (χ2v) is 3.34. The summed E-state index contributed by atoms with van der Waals surface area (Å²) < 4.78 is 34.6. The van der Waals surface area contributed by atoms with Crippen molar-refractivity contribution in [1.82, 2.24) is 10.2 Å². The number of aliphatic hydroxyl groups excluding tert-OH is 1. The summed E-state index contributed by atoms with van der Waals surface area (Å²) in [6.45, 7) is 1.40. The molecule has 102 valence electrons. The molecule has 0 aromatic carbocycles. The van der Waals surface area contributed by atoms with E-state index >= 15 is 0 Å². The quantitative estimate of drug-likeness (QED) is 0.717. The number of ether oxygens (including phenoxy) is 2. The molecule has 1 unspecified atom stereocenters. The van der Waals surface area contributed by atoms with Gasteiger partial charge in [0.1, 0.15) is 0 Å². The van der Waals surface area contributed by atoms with E-state index in [0.717, 1.165) is 0 Å². The first-order valence-corrected chi connectivity index (χ1v) is 5.36. The fourth-order valence-electron chi connectivity index (χ4n) is 1.20. The van der Waals surface area contributed by atoms with Crippen molar-refractivity contribution in [3.05, 3.63) is 11.8 Å². The number of rotatable bonds is 7. The lowest BCUT2D eigenvalue weighted by Gasteiger charge is -2.15. The molecule has 0 spiro atoms. The molecule has 6 nitrogen and oxygen atoms in total. The van der Waals surface area contributed by atoms with Crippen LogP contribution in [-0.2, 0) is 4.74 Å². The van der Waals surface area contributed by atoms with E-state index in [9.17, 15) is 13.6 Å². The monoisotopic (exact) mass is 264 g/mol. The van der Waals surface area contributed by atoms with Crippen molar-refractivity contribution in [3.8, 4) is 5.88 Å². The summed E-state index contributed by atoms with van der Waals surface area (Å²) >= 11 is 0. The van der Waals surface area contributed by atoms with Gasteiger partial charge in [-0.3, -0.25) is 0 Å². The van der Waals surface area contributed by atoms with Crippen LogP contribution in [0.15, 0.2) is 6.07 Å². The smallest absolute Gasteiger partial charge is 0.358 e. The third kappa shape index (κ3) is 3.95. The fourth-order valence-corrected chi connectivity index (χ4v) is 1.20. The molecule has 1 heterocycles. The van der Waals surface area contributed by atoms with Gasteiger partial charge in [0.15, 0.2) is 11.8 Å². The van der Waals surface area contributed by atoms with E-state index in [0.29, 0.717) is 0 Å². The van der Waals surface area contributed by atoms with Gasteiger partial charge in [0.2, 0.25) is 5.88 Å². The number of esters is 1. The van der Waals surface area contributed by atoms with E-state index in [1.165, 1.54) is 6.07 Å². The second-order valence-electron chi connectivity index (χ2n) is 3.34. The summed E-state index contributed by atoms with van der Waals surface area (Å²) in [6, 6.07) is 1.17. The number of aromatic amines is 1. The molecule has 0 saturated heterocycles. The zero-order valence-electron chi connectivity index (χ0n) is 9.73. The van der Waals surface area contributed by atoms with Crippen molar-refractivity contribution in [2.45, 2.75) is 25.9 Å². The van der Waals surface area contributed by atoms with E-state index in [4.69, 9.17) is 9.84 Å². The van der Waals surface area contributed by atoms with Gasteiger partial charge in [-0.1, -0.05) is 0 Å². The summed E-state index contributed by atoms with van der Waals surface area (Å²) in [7, 11) is 0. The molecule has 0 bridgehead atoms. The third-order valence-electron chi connectivity index (χ3n) is 2.01. The summed E-state index contributed by atoms with van der Waals surface area (Å²) in [6.07, 6.45) is -4.41. The maximum Gasteiger partial charge on any atom is 0.358 e. The van der Waals surface area contributed by atoms with Crippen LogP contribution < -0.4 is 4.74 Å². The number of hydrogen-bond donors (Lipinski definition) is 2. The average molecular weight is 264 g/mol. The second kappa shape index (κ2) is 6.90. The number of H-pyrrole nitrogens is 1. The normalized spacial score (nSPS) is 12.5. The topological polar surface area (TPSA) is 84.4 Å². The van der Waals surface area contributed by atoms with Gasteiger partial charge in [0.05, 0.1) is 6.61 Å². The largest absolute Gasteiger partial charge is 0.468 e. The zero-order valence-corrected chi connectivity index (χ0v) is 9.73. The van der Waals surface area contributed by atoms with Crippen LogP contribution in [0, 0.1) is 0 Å². The van der Waals surface area contributed by atoms with Gasteiger partial charge in [0.25, 0.3) is 6.43 Å². The van der Waals surface area contributed by atoms with E-state index < -0.39 is 25.1 Å². The van der Waals surface area contributed by atoms with Gasteiger partial charge in [-0.25, -0.2) is 18.7 Å². The van der Waals surface area contributed by atoms with Gasteiger partial charge in [-0.05, 0) is 6.92 Å². The Bertz CT molecular complexity index is 384. The Morgan fingerprint density at radius 3 is 2.89 bits per heavy atom. The number of nitrogens with one attached hydrogen (secondary N) is 1. The lowest BCUT2D eigenvalue weighted by molar-refractivity contribution is -0.00345. The number of hydrogen-bond acceptors (Lipinski definition) is 5. The first-order valence-electron chi connectivity index (χ1n) is 5.36. The number of carbonyl (C=O) groups is 1. The number of aliphatic hydroxyl groups is 1. The molecule has 8 heteroatoms. The van der Waals surface area contributed by atoms with Gasteiger partial charge in [0, 0.05) is 19.1 Å². The summed E-state index contributed by atoms with van der Waals surface area (Å²) in [5.74, 6) is -0.740. The minimum Gasteiger partial charge on any atom is -0.468 e. The molecule has 0 saturated carbocycles. The zero-order chi connectivity index (χ0) is 13.5. The van der Waals surface area contributed by atoms with Crippen molar-refractivity contribution in [1.29, 1.82) is 0 Å². The molecule has 0 aliphatic carbocycles. The molecule has 2 N–H and O–H groups in total. The third-order valence-corrected chi connectivity index (χ3v) is 2.01. The molecular formula is C10H14F2N2O4. The van der Waals surface area contributed by atoms with E-state index in [1.807, 2.05) is 0 Å². The molecule has 0 aliphatic rings. The average Bonchev–Trinajstić information content (AvgIpc) is 2.77. The number of alkyl halides is 2. The lowest BCUT2D eigenvalue weighted by atomic mass is 10.3. The van der Waals surface area contributed by atoms with Crippen LogP contribution in [0.5, 0.6) is 5.88 Å². The Kier molecular flexibility index (Phi) is 5.50. The van der Waals surface area contributed by atoms with Crippen molar-refractivity contribution in [3.63, 3.8) is 0 Å². The number of carbonyl (C=O) groups excluding carboxylic acids is 1. The van der Waals surface area contributed by atoms with Crippen molar-refractivity contribution < 1.29 is 28.2 Å². The fraction of sp³-hybridized carbons (Fsp3) is 0.600. The standard InChI is InChI=1S/C10H14F2N2O4/c1-2-17-10(16)6-5-8(14-13-6)18-7(3-4-15)9(11)12/h5,7,9,15H,2-4H2,1H3,(H,13,14). The highest BCUT2D eigenvalue weighted by atomic mass is 19.3. The Morgan fingerprint density at radius 1 is 1.61 bits per heavy atom. The van der Waals surface area contributed by atoms with Gasteiger partial charge < -0.3 is 14.6 Å². The lowest BCUT2D eigenvalue weighted by Crippen LogP contribution is -2.26. The molecular weight excluding hydrogens is 250 g/mol. The van der Waals surface area contributed by atoms with E-state index in [-0.39, 0.29) is 24.6 Å². The molecule has 0 radical (unpaired) electrons.